The number of amides is 1. The molecule has 1 fully saturated rings. The molecule has 1 aliphatic rings. The Balaban J connectivity index is 0.00000144. The summed E-state index contributed by atoms with van der Waals surface area (Å²) in [4.78, 5) is 20.8. The fraction of sp³-hybridized carbons (Fsp3) is 0.333. The quantitative estimate of drug-likeness (QED) is 0.327. The fourth-order valence-electron chi connectivity index (χ4n) is 5.35. The number of nitrogens with zero attached hydrogens (tertiary/aromatic N) is 7. The number of anilines is 1. The second-order valence-corrected chi connectivity index (χ2v) is 9.65. The van der Waals surface area contributed by atoms with Crippen molar-refractivity contribution in [2.75, 3.05) is 24.5 Å². The lowest BCUT2D eigenvalue weighted by atomic mass is 10.0. The molecule has 4 heterocycles. The van der Waals surface area contributed by atoms with Crippen molar-refractivity contribution >= 4 is 33.5 Å². The summed E-state index contributed by atoms with van der Waals surface area (Å²) in [7, 11) is 1.94. The fourth-order valence-corrected chi connectivity index (χ4v) is 5.35. The topological polar surface area (TPSA) is 72.1 Å². The van der Waals surface area contributed by atoms with Gasteiger partial charge < -0.3 is 9.80 Å². The predicted molar refractivity (Wildman–Crippen MR) is 154 cm³/mol. The van der Waals surface area contributed by atoms with Crippen LogP contribution < -0.4 is 4.90 Å². The molecule has 0 radical (unpaired) electrons. The van der Waals surface area contributed by atoms with Gasteiger partial charge in [-0.2, -0.15) is 10.2 Å². The van der Waals surface area contributed by atoms with Gasteiger partial charge in [-0.05, 0) is 37.6 Å². The minimum absolute atomic E-state index is 0.128. The van der Waals surface area contributed by atoms with Crippen molar-refractivity contribution in [2.45, 2.75) is 40.7 Å². The second kappa shape index (κ2) is 10.3. The third kappa shape index (κ3) is 4.40. The summed E-state index contributed by atoms with van der Waals surface area (Å²) in [5.74, 6) is 1.05. The van der Waals surface area contributed by atoms with E-state index in [1.54, 1.807) is 6.92 Å². The molecule has 38 heavy (non-hydrogen) atoms. The van der Waals surface area contributed by atoms with E-state index in [1.165, 1.54) is 0 Å². The molecular weight excluding hydrogens is 474 g/mol. The Hall–Kier alpha value is -4.20. The van der Waals surface area contributed by atoms with Crippen LogP contribution in [0.4, 0.5) is 5.82 Å². The molecule has 1 saturated heterocycles. The Morgan fingerprint density at radius 3 is 2.47 bits per heavy atom. The van der Waals surface area contributed by atoms with Crippen LogP contribution in [0.1, 0.15) is 33.3 Å². The molecule has 8 heteroatoms. The van der Waals surface area contributed by atoms with Crippen LogP contribution in [0.2, 0.25) is 0 Å². The van der Waals surface area contributed by atoms with E-state index in [0.717, 1.165) is 63.2 Å². The molecule has 5 aromatic rings. The summed E-state index contributed by atoms with van der Waals surface area (Å²) in [6, 6.07) is 16.9. The first kappa shape index (κ1) is 25.4. The normalized spacial score (nSPS) is 15.6. The summed E-state index contributed by atoms with van der Waals surface area (Å²) in [5, 5.41) is 11.9. The lowest BCUT2D eigenvalue weighted by molar-refractivity contribution is -0.129. The van der Waals surface area contributed by atoms with Crippen LogP contribution in [0.3, 0.4) is 0 Å². The molecule has 1 atom stereocenters. The van der Waals surface area contributed by atoms with Gasteiger partial charge in [-0.1, -0.05) is 44.2 Å². The molecule has 0 N–H and O–H groups in total. The molecule has 3 aromatic heterocycles. The van der Waals surface area contributed by atoms with Gasteiger partial charge in [0.05, 0.1) is 22.9 Å². The van der Waals surface area contributed by atoms with Gasteiger partial charge in [0.15, 0.2) is 0 Å². The molecule has 0 spiro atoms. The van der Waals surface area contributed by atoms with Gasteiger partial charge in [0.2, 0.25) is 5.91 Å². The lowest BCUT2D eigenvalue weighted by Gasteiger charge is -2.40. The zero-order chi connectivity index (χ0) is 27.0. The van der Waals surface area contributed by atoms with E-state index in [9.17, 15) is 4.79 Å². The highest BCUT2D eigenvalue weighted by molar-refractivity contribution is 6.03. The largest absolute Gasteiger partial charge is 0.350 e. The number of para-hydroxylation sites is 1. The van der Waals surface area contributed by atoms with Crippen LogP contribution in [0, 0.1) is 6.92 Å². The highest BCUT2D eigenvalue weighted by atomic mass is 16.2. The molecule has 0 unspecified atom stereocenters. The highest BCUT2D eigenvalue weighted by Crippen LogP contribution is 2.35. The van der Waals surface area contributed by atoms with Crippen LogP contribution in [0.25, 0.3) is 38.8 Å². The SMILES string of the molecule is CC.CC(=O)N1CCN(c2ccc(-n3nc(-c4cccc5nn(C)cc45)c4cccc(C)c43)cn2)[C@H](C)C1. The Bertz CT molecular complexity index is 1600. The molecule has 0 aliphatic carbocycles. The number of piperazine rings is 1. The van der Waals surface area contributed by atoms with Gasteiger partial charge in [-0.15, -0.1) is 0 Å². The van der Waals surface area contributed by atoms with Crippen LogP contribution in [-0.2, 0) is 11.8 Å². The van der Waals surface area contributed by atoms with Gasteiger partial charge >= 0.3 is 0 Å². The van der Waals surface area contributed by atoms with Crippen LogP contribution >= 0.6 is 0 Å². The Kier molecular flexibility index (Phi) is 6.89. The second-order valence-electron chi connectivity index (χ2n) is 9.65. The van der Waals surface area contributed by atoms with E-state index < -0.39 is 0 Å². The third-order valence-electron chi connectivity index (χ3n) is 7.17. The van der Waals surface area contributed by atoms with E-state index in [1.807, 2.05) is 53.5 Å². The van der Waals surface area contributed by atoms with Gasteiger partial charge in [-0.25, -0.2) is 9.67 Å². The lowest BCUT2D eigenvalue weighted by Crippen LogP contribution is -2.53. The summed E-state index contributed by atoms with van der Waals surface area (Å²) in [6.07, 6.45) is 3.95. The van der Waals surface area contributed by atoms with E-state index in [4.69, 9.17) is 10.1 Å². The summed E-state index contributed by atoms with van der Waals surface area (Å²) in [6.45, 7) is 12.1. The number of rotatable bonds is 3. The number of hydrogen-bond donors (Lipinski definition) is 0. The third-order valence-corrected chi connectivity index (χ3v) is 7.17. The number of aromatic nitrogens is 5. The summed E-state index contributed by atoms with van der Waals surface area (Å²) >= 11 is 0. The maximum atomic E-state index is 11.8. The number of benzene rings is 2. The predicted octanol–water partition coefficient (Wildman–Crippen LogP) is 5.37. The average molecular weight is 510 g/mol. The van der Waals surface area contributed by atoms with Crippen molar-refractivity contribution in [1.82, 2.24) is 29.4 Å². The van der Waals surface area contributed by atoms with E-state index in [0.29, 0.717) is 6.54 Å². The van der Waals surface area contributed by atoms with Crippen LogP contribution in [-0.4, -0.2) is 61.0 Å². The first-order valence-electron chi connectivity index (χ1n) is 13.3. The molecule has 0 bridgehead atoms. The molecule has 2 aromatic carbocycles. The molecular formula is C30H35N7O. The van der Waals surface area contributed by atoms with Crippen molar-refractivity contribution in [1.29, 1.82) is 0 Å². The van der Waals surface area contributed by atoms with Crippen molar-refractivity contribution in [2.24, 2.45) is 7.05 Å². The Morgan fingerprint density at radius 1 is 0.974 bits per heavy atom. The Labute approximate surface area is 223 Å². The van der Waals surface area contributed by atoms with E-state index >= 15 is 0 Å². The van der Waals surface area contributed by atoms with Crippen LogP contribution in [0.5, 0.6) is 0 Å². The average Bonchev–Trinajstić information content (AvgIpc) is 3.51. The maximum absolute atomic E-state index is 11.8. The van der Waals surface area contributed by atoms with Gasteiger partial charge in [0.1, 0.15) is 11.5 Å². The molecule has 1 aliphatic heterocycles. The van der Waals surface area contributed by atoms with Crippen molar-refractivity contribution in [3.05, 3.63) is 66.5 Å². The Morgan fingerprint density at radius 2 is 1.76 bits per heavy atom. The first-order valence-corrected chi connectivity index (χ1v) is 13.3. The smallest absolute Gasteiger partial charge is 0.219 e. The van der Waals surface area contributed by atoms with Crippen molar-refractivity contribution in [3.63, 3.8) is 0 Å². The van der Waals surface area contributed by atoms with Gasteiger partial charge in [-0.3, -0.25) is 9.48 Å². The standard InChI is InChI=1S/C28H29N7O.C2H6/c1-18-7-5-9-23-27(22-8-6-10-25-24(22)17-32(4)30-25)31-35(28(18)23)21-11-12-26(29-15-21)34-14-13-33(20(3)36)16-19(34)2;1-2/h5-12,15,17,19H,13-14,16H2,1-4H3;1-2H3/t19-;/m1./s1. The molecule has 8 nitrogen and oxygen atoms in total. The van der Waals surface area contributed by atoms with Gasteiger partial charge in [0.25, 0.3) is 0 Å². The molecule has 0 saturated carbocycles. The number of carbonyl (C=O) groups excluding carboxylic acids is 1. The van der Waals surface area contributed by atoms with E-state index in [2.05, 4.69) is 66.4 Å². The minimum atomic E-state index is 0.128. The molecule has 1 amide bonds. The summed E-state index contributed by atoms with van der Waals surface area (Å²) < 4.78 is 3.85. The minimum Gasteiger partial charge on any atom is -0.350 e. The maximum Gasteiger partial charge on any atom is 0.219 e. The molecule has 196 valence electrons. The zero-order valence-electron chi connectivity index (χ0n) is 23.0. The number of fused-ring (bicyclic) bond motifs is 2. The number of hydrogen-bond acceptors (Lipinski definition) is 5. The number of pyridine rings is 1. The van der Waals surface area contributed by atoms with Crippen molar-refractivity contribution in [3.8, 4) is 16.9 Å². The number of aryl methyl sites for hydroxylation is 2. The molecule has 6 rings (SSSR count). The zero-order valence-corrected chi connectivity index (χ0v) is 23.0. The first-order chi connectivity index (χ1) is 18.4. The van der Waals surface area contributed by atoms with Crippen molar-refractivity contribution < 1.29 is 4.79 Å². The summed E-state index contributed by atoms with van der Waals surface area (Å²) in [5.41, 5.74) is 6.10. The van der Waals surface area contributed by atoms with E-state index in [-0.39, 0.29) is 11.9 Å². The number of carbonyl (C=O) groups is 1. The monoisotopic (exact) mass is 509 g/mol. The van der Waals surface area contributed by atoms with Crippen LogP contribution in [0.15, 0.2) is 60.9 Å². The van der Waals surface area contributed by atoms with Gasteiger partial charge in [0, 0.05) is 62.2 Å². The highest BCUT2D eigenvalue weighted by Gasteiger charge is 2.26.